The summed E-state index contributed by atoms with van der Waals surface area (Å²) < 4.78 is 5.41. The quantitative estimate of drug-likeness (QED) is 0.847. The van der Waals surface area contributed by atoms with E-state index in [1.54, 1.807) is 7.11 Å². The Labute approximate surface area is 115 Å². The number of ether oxygens (including phenoxy) is 1. The molecule has 1 aromatic rings. The van der Waals surface area contributed by atoms with Crippen LogP contribution in [0.5, 0.6) is 5.75 Å². The number of Topliss-reactive ketones (excluding diaryl/α,β-unsaturated/α-hetero) is 1. The fourth-order valence-electron chi connectivity index (χ4n) is 2.57. The molecule has 0 atom stereocenters. The topological polar surface area (TPSA) is 38.3 Å². The van der Waals surface area contributed by atoms with Crippen molar-refractivity contribution >= 4 is 5.78 Å². The van der Waals surface area contributed by atoms with E-state index in [1.807, 2.05) is 18.2 Å². The second-order valence-corrected chi connectivity index (χ2v) is 5.50. The second kappa shape index (κ2) is 6.20. The molecule has 1 heterocycles. The van der Waals surface area contributed by atoms with Crippen LogP contribution in [-0.2, 0) is 0 Å². The third-order valence-electron chi connectivity index (χ3n) is 3.87. The molecule has 0 amide bonds. The SMILES string of the molecule is COc1cc(C(C)C)ccc1C(=O)C1CCNCC1. The van der Waals surface area contributed by atoms with E-state index in [9.17, 15) is 4.79 Å². The first kappa shape index (κ1) is 14.1. The Hall–Kier alpha value is -1.35. The first-order valence-electron chi connectivity index (χ1n) is 7.06. The van der Waals surface area contributed by atoms with Gasteiger partial charge in [0.15, 0.2) is 5.78 Å². The molecule has 2 rings (SSSR count). The van der Waals surface area contributed by atoms with Gasteiger partial charge in [0.25, 0.3) is 0 Å². The van der Waals surface area contributed by atoms with Crippen LogP contribution in [0.3, 0.4) is 0 Å². The van der Waals surface area contributed by atoms with Gasteiger partial charge in [-0.15, -0.1) is 0 Å². The normalized spacial score (nSPS) is 16.6. The fraction of sp³-hybridized carbons (Fsp3) is 0.562. The van der Waals surface area contributed by atoms with Gasteiger partial charge in [-0.05, 0) is 49.5 Å². The first-order chi connectivity index (χ1) is 9.13. The zero-order chi connectivity index (χ0) is 13.8. The highest BCUT2D eigenvalue weighted by molar-refractivity contribution is 6.00. The summed E-state index contributed by atoms with van der Waals surface area (Å²) >= 11 is 0. The van der Waals surface area contributed by atoms with E-state index in [-0.39, 0.29) is 11.7 Å². The maximum Gasteiger partial charge on any atom is 0.169 e. The van der Waals surface area contributed by atoms with Gasteiger partial charge in [0.05, 0.1) is 12.7 Å². The molecule has 0 aliphatic carbocycles. The highest BCUT2D eigenvalue weighted by atomic mass is 16.5. The molecule has 1 aliphatic rings. The van der Waals surface area contributed by atoms with Gasteiger partial charge >= 0.3 is 0 Å². The first-order valence-corrected chi connectivity index (χ1v) is 7.06. The Morgan fingerprint density at radius 1 is 1.32 bits per heavy atom. The Morgan fingerprint density at radius 2 is 2.00 bits per heavy atom. The summed E-state index contributed by atoms with van der Waals surface area (Å²) in [5, 5.41) is 3.29. The van der Waals surface area contributed by atoms with Gasteiger partial charge in [0.2, 0.25) is 0 Å². The van der Waals surface area contributed by atoms with Crippen molar-refractivity contribution in [2.24, 2.45) is 5.92 Å². The number of benzene rings is 1. The molecule has 104 valence electrons. The van der Waals surface area contributed by atoms with Crippen molar-refractivity contribution in [2.75, 3.05) is 20.2 Å². The largest absolute Gasteiger partial charge is 0.496 e. The van der Waals surface area contributed by atoms with Crippen molar-refractivity contribution in [3.63, 3.8) is 0 Å². The van der Waals surface area contributed by atoms with Crippen LogP contribution in [-0.4, -0.2) is 26.0 Å². The van der Waals surface area contributed by atoms with E-state index < -0.39 is 0 Å². The van der Waals surface area contributed by atoms with Gasteiger partial charge < -0.3 is 10.1 Å². The third kappa shape index (κ3) is 3.16. The van der Waals surface area contributed by atoms with Crippen molar-refractivity contribution in [1.82, 2.24) is 5.32 Å². The van der Waals surface area contributed by atoms with Gasteiger partial charge in [-0.3, -0.25) is 4.79 Å². The highest BCUT2D eigenvalue weighted by Gasteiger charge is 2.24. The Bertz CT molecular complexity index is 448. The number of hydrogen-bond acceptors (Lipinski definition) is 3. The van der Waals surface area contributed by atoms with Crippen LogP contribution in [0.25, 0.3) is 0 Å². The molecule has 1 fully saturated rings. The Balaban J connectivity index is 2.25. The molecular formula is C16H23NO2. The molecule has 0 saturated carbocycles. The van der Waals surface area contributed by atoms with Crippen LogP contribution in [0.2, 0.25) is 0 Å². The summed E-state index contributed by atoms with van der Waals surface area (Å²) in [5.41, 5.74) is 1.94. The fourth-order valence-corrected chi connectivity index (χ4v) is 2.57. The zero-order valence-corrected chi connectivity index (χ0v) is 12.0. The van der Waals surface area contributed by atoms with Gasteiger partial charge in [-0.1, -0.05) is 19.9 Å². The number of hydrogen-bond donors (Lipinski definition) is 1. The molecule has 1 aromatic carbocycles. The number of carbonyl (C=O) groups excluding carboxylic acids is 1. The minimum absolute atomic E-state index is 0.139. The molecule has 3 heteroatoms. The van der Waals surface area contributed by atoms with E-state index in [0.29, 0.717) is 5.92 Å². The molecule has 1 aliphatic heterocycles. The number of rotatable bonds is 4. The highest BCUT2D eigenvalue weighted by Crippen LogP contribution is 2.28. The Morgan fingerprint density at radius 3 is 2.58 bits per heavy atom. The standard InChI is InChI=1S/C16H23NO2/c1-11(2)13-4-5-14(15(10-13)19-3)16(18)12-6-8-17-9-7-12/h4-5,10-12,17H,6-9H2,1-3H3. The minimum atomic E-state index is 0.139. The molecule has 0 aromatic heterocycles. The smallest absolute Gasteiger partial charge is 0.169 e. The summed E-state index contributed by atoms with van der Waals surface area (Å²) in [5.74, 6) is 1.53. The molecule has 0 spiro atoms. The van der Waals surface area contributed by atoms with Gasteiger partial charge in [-0.2, -0.15) is 0 Å². The maximum atomic E-state index is 12.6. The monoisotopic (exact) mass is 261 g/mol. The number of carbonyl (C=O) groups is 1. The average molecular weight is 261 g/mol. The van der Waals surface area contributed by atoms with Gasteiger partial charge in [-0.25, -0.2) is 0 Å². The number of piperidine rings is 1. The summed E-state index contributed by atoms with van der Waals surface area (Å²) in [7, 11) is 1.64. The second-order valence-electron chi connectivity index (χ2n) is 5.50. The predicted molar refractivity (Wildman–Crippen MR) is 77.0 cm³/mol. The Kier molecular flexibility index (Phi) is 4.59. The molecule has 0 unspecified atom stereocenters. The van der Waals surface area contributed by atoms with Crippen LogP contribution in [0.4, 0.5) is 0 Å². The molecule has 1 N–H and O–H groups in total. The van der Waals surface area contributed by atoms with Crippen LogP contribution in [0.1, 0.15) is 48.5 Å². The molecule has 0 bridgehead atoms. The van der Waals surface area contributed by atoms with E-state index in [4.69, 9.17) is 4.74 Å². The summed E-state index contributed by atoms with van der Waals surface area (Å²) in [6.07, 6.45) is 1.85. The molecule has 0 radical (unpaired) electrons. The maximum absolute atomic E-state index is 12.6. The lowest BCUT2D eigenvalue weighted by Gasteiger charge is -2.22. The van der Waals surface area contributed by atoms with Crippen LogP contribution in [0.15, 0.2) is 18.2 Å². The van der Waals surface area contributed by atoms with Gasteiger partial charge in [0.1, 0.15) is 5.75 Å². The molecular weight excluding hydrogens is 238 g/mol. The van der Waals surface area contributed by atoms with E-state index >= 15 is 0 Å². The van der Waals surface area contributed by atoms with E-state index in [1.165, 1.54) is 5.56 Å². The van der Waals surface area contributed by atoms with Crippen molar-refractivity contribution in [2.45, 2.75) is 32.6 Å². The minimum Gasteiger partial charge on any atom is -0.496 e. The van der Waals surface area contributed by atoms with Crippen LogP contribution >= 0.6 is 0 Å². The average Bonchev–Trinajstić information content (AvgIpc) is 2.46. The molecule has 3 nitrogen and oxygen atoms in total. The van der Waals surface area contributed by atoms with E-state index in [2.05, 4.69) is 19.2 Å². The van der Waals surface area contributed by atoms with Crippen molar-refractivity contribution in [3.05, 3.63) is 29.3 Å². The number of ketones is 1. The summed E-state index contributed by atoms with van der Waals surface area (Å²) in [6.45, 7) is 6.15. The predicted octanol–water partition coefficient (Wildman–Crippen LogP) is 3.00. The zero-order valence-electron chi connectivity index (χ0n) is 12.0. The van der Waals surface area contributed by atoms with Crippen molar-refractivity contribution < 1.29 is 9.53 Å². The summed E-state index contributed by atoms with van der Waals surface area (Å²) in [4.78, 5) is 12.6. The molecule has 19 heavy (non-hydrogen) atoms. The lowest BCUT2D eigenvalue weighted by Crippen LogP contribution is -2.32. The third-order valence-corrected chi connectivity index (χ3v) is 3.87. The van der Waals surface area contributed by atoms with Crippen molar-refractivity contribution in [1.29, 1.82) is 0 Å². The lowest BCUT2D eigenvalue weighted by atomic mass is 9.88. The summed E-state index contributed by atoms with van der Waals surface area (Å²) in [6, 6.07) is 5.97. The van der Waals surface area contributed by atoms with Crippen LogP contribution < -0.4 is 10.1 Å². The van der Waals surface area contributed by atoms with Gasteiger partial charge in [0, 0.05) is 5.92 Å². The van der Waals surface area contributed by atoms with Crippen molar-refractivity contribution in [3.8, 4) is 5.75 Å². The number of methoxy groups -OCH3 is 1. The molecule has 1 saturated heterocycles. The van der Waals surface area contributed by atoms with E-state index in [0.717, 1.165) is 37.2 Å². The lowest BCUT2D eigenvalue weighted by molar-refractivity contribution is 0.0892. The number of nitrogens with one attached hydrogen (secondary N) is 1. The van der Waals surface area contributed by atoms with Crippen LogP contribution in [0, 0.1) is 5.92 Å².